The maximum Gasteiger partial charge on any atom is 0.263 e. The van der Waals surface area contributed by atoms with Crippen LogP contribution in [0.5, 0.6) is 0 Å². The van der Waals surface area contributed by atoms with Crippen LogP contribution in [0, 0.1) is 11.6 Å². The van der Waals surface area contributed by atoms with Crippen molar-refractivity contribution in [2.24, 2.45) is 12.8 Å². The Balaban J connectivity index is 1.68. The van der Waals surface area contributed by atoms with Crippen LogP contribution in [0.3, 0.4) is 0 Å². The molecule has 6 nitrogen and oxygen atoms in total. The van der Waals surface area contributed by atoms with Crippen LogP contribution in [-0.2, 0) is 13.5 Å². The third-order valence-corrected chi connectivity index (χ3v) is 5.34. The topological polar surface area (TPSA) is 85.8 Å². The van der Waals surface area contributed by atoms with E-state index in [1.54, 1.807) is 61.9 Å². The maximum absolute atomic E-state index is 13.9. The lowest BCUT2D eigenvalue weighted by atomic mass is 10.0. The SMILES string of the molecule is Cn1c(NCC(N)Cc2ccccc2F)nc(-c2ccncc2)c(-c2ccc(F)cc2)c1=O. The van der Waals surface area contributed by atoms with Gasteiger partial charge in [0, 0.05) is 37.6 Å². The molecule has 1 atom stereocenters. The molecule has 0 spiro atoms. The van der Waals surface area contributed by atoms with E-state index in [4.69, 9.17) is 10.7 Å². The summed E-state index contributed by atoms with van der Waals surface area (Å²) >= 11 is 0. The second-order valence-corrected chi connectivity index (χ2v) is 7.70. The minimum absolute atomic E-state index is 0.278. The molecule has 168 valence electrons. The predicted molar refractivity (Wildman–Crippen MR) is 125 cm³/mol. The molecule has 2 heterocycles. The highest BCUT2D eigenvalue weighted by atomic mass is 19.1. The largest absolute Gasteiger partial charge is 0.354 e. The van der Waals surface area contributed by atoms with Gasteiger partial charge in [-0.2, -0.15) is 0 Å². The van der Waals surface area contributed by atoms with Crippen molar-refractivity contribution in [1.29, 1.82) is 0 Å². The zero-order valence-electron chi connectivity index (χ0n) is 18.0. The van der Waals surface area contributed by atoms with Gasteiger partial charge in [0.15, 0.2) is 0 Å². The summed E-state index contributed by atoms with van der Waals surface area (Å²) in [7, 11) is 1.60. The average molecular weight is 447 g/mol. The van der Waals surface area contributed by atoms with E-state index in [-0.39, 0.29) is 17.9 Å². The van der Waals surface area contributed by atoms with Gasteiger partial charge >= 0.3 is 0 Å². The van der Waals surface area contributed by atoms with E-state index in [2.05, 4.69) is 10.3 Å². The number of nitrogens with one attached hydrogen (secondary N) is 1. The highest BCUT2D eigenvalue weighted by Gasteiger charge is 2.19. The summed E-state index contributed by atoms with van der Waals surface area (Å²) in [5.74, 6) is -0.375. The summed E-state index contributed by atoms with van der Waals surface area (Å²) in [5, 5.41) is 3.12. The number of halogens is 2. The summed E-state index contributed by atoms with van der Waals surface area (Å²) in [6.07, 6.45) is 3.55. The first-order valence-electron chi connectivity index (χ1n) is 10.4. The van der Waals surface area contributed by atoms with Gasteiger partial charge < -0.3 is 11.1 Å². The summed E-state index contributed by atoms with van der Waals surface area (Å²) in [5.41, 5.74) is 8.48. The Kier molecular flexibility index (Phi) is 6.55. The monoisotopic (exact) mass is 447 g/mol. The van der Waals surface area contributed by atoms with Crippen LogP contribution >= 0.6 is 0 Å². The highest BCUT2D eigenvalue weighted by molar-refractivity contribution is 5.80. The number of nitrogens with two attached hydrogens (primary N) is 1. The fourth-order valence-corrected chi connectivity index (χ4v) is 3.60. The Labute approximate surface area is 189 Å². The van der Waals surface area contributed by atoms with Crippen LogP contribution < -0.4 is 16.6 Å². The summed E-state index contributed by atoms with van der Waals surface area (Å²) in [4.78, 5) is 22.1. The third kappa shape index (κ3) is 4.96. The van der Waals surface area contributed by atoms with E-state index >= 15 is 0 Å². The lowest BCUT2D eigenvalue weighted by molar-refractivity contribution is 0.590. The molecule has 4 rings (SSSR count). The molecule has 0 amide bonds. The zero-order chi connectivity index (χ0) is 23.4. The van der Waals surface area contributed by atoms with Gasteiger partial charge in [-0.05, 0) is 47.9 Å². The first-order chi connectivity index (χ1) is 15.9. The van der Waals surface area contributed by atoms with Gasteiger partial charge in [0.1, 0.15) is 11.6 Å². The minimum atomic E-state index is -0.403. The standard InChI is InChI=1S/C25H23F2N5O/c1-32-24(33)22(16-6-8-19(26)9-7-16)23(17-10-12-29-13-11-17)31-25(32)30-15-20(28)14-18-4-2-3-5-21(18)27/h2-13,20H,14-15,28H2,1H3,(H,30,31). The number of anilines is 1. The molecule has 0 aliphatic heterocycles. The van der Waals surface area contributed by atoms with E-state index < -0.39 is 11.9 Å². The van der Waals surface area contributed by atoms with Crippen molar-refractivity contribution in [3.63, 3.8) is 0 Å². The second kappa shape index (κ2) is 9.70. The molecule has 3 N–H and O–H groups in total. The molecule has 0 saturated carbocycles. The molecule has 0 fully saturated rings. The molecule has 33 heavy (non-hydrogen) atoms. The molecule has 0 saturated heterocycles. The molecule has 0 radical (unpaired) electrons. The maximum atomic E-state index is 13.9. The van der Waals surface area contributed by atoms with Gasteiger partial charge in [0.25, 0.3) is 5.56 Å². The van der Waals surface area contributed by atoms with Crippen LogP contribution in [0.4, 0.5) is 14.7 Å². The van der Waals surface area contributed by atoms with Crippen LogP contribution in [0.15, 0.2) is 77.9 Å². The van der Waals surface area contributed by atoms with Gasteiger partial charge in [0.05, 0.1) is 11.3 Å². The number of pyridine rings is 1. The highest BCUT2D eigenvalue weighted by Crippen LogP contribution is 2.28. The van der Waals surface area contributed by atoms with Crippen LogP contribution in [-0.4, -0.2) is 27.1 Å². The fourth-order valence-electron chi connectivity index (χ4n) is 3.60. The Morgan fingerprint density at radius 3 is 2.39 bits per heavy atom. The minimum Gasteiger partial charge on any atom is -0.354 e. The summed E-state index contributed by atoms with van der Waals surface area (Å²) in [6, 6.07) is 15.3. The van der Waals surface area contributed by atoms with E-state index in [1.165, 1.54) is 22.8 Å². The van der Waals surface area contributed by atoms with Crippen molar-refractivity contribution in [2.75, 3.05) is 11.9 Å². The van der Waals surface area contributed by atoms with Gasteiger partial charge in [-0.25, -0.2) is 13.8 Å². The summed E-state index contributed by atoms with van der Waals surface area (Å²) in [6.45, 7) is 0.278. The molecule has 4 aromatic rings. The van der Waals surface area contributed by atoms with Crippen molar-refractivity contribution in [1.82, 2.24) is 14.5 Å². The quantitative estimate of drug-likeness (QED) is 0.451. The van der Waals surface area contributed by atoms with E-state index in [0.717, 1.165) is 0 Å². The van der Waals surface area contributed by atoms with Crippen LogP contribution in [0.25, 0.3) is 22.4 Å². The fraction of sp³-hybridized carbons (Fsp3) is 0.160. The van der Waals surface area contributed by atoms with Gasteiger partial charge in [-0.1, -0.05) is 30.3 Å². The zero-order valence-corrected chi connectivity index (χ0v) is 18.0. The second-order valence-electron chi connectivity index (χ2n) is 7.70. The third-order valence-electron chi connectivity index (χ3n) is 5.34. The lowest BCUT2D eigenvalue weighted by Crippen LogP contribution is -2.34. The van der Waals surface area contributed by atoms with Gasteiger partial charge in [-0.15, -0.1) is 0 Å². The Bertz CT molecular complexity index is 1310. The number of hydrogen-bond donors (Lipinski definition) is 2. The molecule has 8 heteroatoms. The normalized spacial score (nSPS) is 11.9. The van der Waals surface area contributed by atoms with E-state index in [0.29, 0.717) is 40.3 Å². The first-order valence-corrected chi connectivity index (χ1v) is 10.4. The molecule has 0 bridgehead atoms. The number of rotatable bonds is 7. The molecule has 2 aromatic carbocycles. The van der Waals surface area contributed by atoms with Crippen molar-refractivity contribution in [2.45, 2.75) is 12.5 Å². The molecular weight excluding hydrogens is 424 g/mol. The molecule has 2 aromatic heterocycles. The smallest absolute Gasteiger partial charge is 0.263 e. The van der Waals surface area contributed by atoms with Gasteiger partial charge in [-0.3, -0.25) is 14.3 Å². The first kappa shape index (κ1) is 22.3. The Morgan fingerprint density at radius 1 is 1.00 bits per heavy atom. The lowest BCUT2D eigenvalue weighted by Gasteiger charge is -2.18. The van der Waals surface area contributed by atoms with E-state index in [9.17, 15) is 13.6 Å². The molecular formula is C25H23F2N5O. The summed E-state index contributed by atoms with van der Waals surface area (Å²) < 4.78 is 28.8. The number of hydrogen-bond acceptors (Lipinski definition) is 5. The number of benzene rings is 2. The van der Waals surface area contributed by atoms with Crippen molar-refractivity contribution in [3.05, 3.63) is 101 Å². The van der Waals surface area contributed by atoms with Crippen molar-refractivity contribution >= 4 is 5.95 Å². The van der Waals surface area contributed by atoms with Crippen LogP contribution in [0.1, 0.15) is 5.56 Å². The van der Waals surface area contributed by atoms with Gasteiger partial charge in [0.2, 0.25) is 5.95 Å². The average Bonchev–Trinajstić information content (AvgIpc) is 2.83. The van der Waals surface area contributed by atoms with Crippen molar-refractivity contribution in [3.8, 4) is 22.4 Å². The van der Waals surface area contributed by atoms with Crippen LogP contribution in [0.2, 0.25) is 0 Å². The van der Waals surface area contributed by atoms with E-state index in [1.807, 2.05) is 0 Å². The molecule has 1 unspecified atom stereocenters. The Hall–Kier alpha value is -3.91. The number of nitrogens with zero attached hydrogens (tertiary/aromatic N) is 3. The molecule has 0 aliphatic carbocycles. The Morgan fingerprint density at radius 2 is 1.70 bits per heavy atom. The van der Waals surface area contributed by atoms with Crippen molar-refractivity contribution < 1.29 is 8.78 Å². The number of aromatic nitrogens is 3. The predicted octanol–water partition coefficient (Wildman–Crippen LogP) is 3.77. The molecule has 0 aliphatic rings.